The van der Waals surface area contributed by atoms with Crippen LogP contribution in [-0.2, 0) is 16.0 Å². The van der Waals surface area contributed by atoms with Crippen LogP contribution in [-0.4, -0.2) is 23.0 Å². The number of amides is 1. The lowest BCUT2D eigenvalue weighted by atomic mass is 9.99. The molecular formula is C14H18FNO3. The number of benzene rings is 1. The second kappa shape index (κ2) is 6.87. The molecule has 1 aromatic rings. The summed E-state index contributed by atoms with van der Waals surface area (Å²) >= 11 is 0. The summed E-state index contributed by atoms with van der Waals surface area (Å²) in [5, 5.41) is 11.6. The van der Waals surface area contributed by atoms with Crippen molar-refractivity contribution in [3.63, 3.8) is 0 Å². The maximum Gasteiger partial charge on any atom is 0.326 e. The molecule has 0 saturated carbocycles. The van der Waals surface area contributed by atoms with Crippen molar-refractivity contribution < 1.29 is 19.1 Å². The standard InChI is InChI=1S/C14H18FNO3/c1-3-9(2)13(14(18)19)16-12(17)8-10-4-6-11(15)7-5-10/h4-7,9,13H,3,8H2,1-2H3,(H,16,17)(H,18,19)/t9-,13-/m1/s1. The van der Waals surface area contributed by atoms with Gasteiger partial charge in [-0.05, 0) is 23.6 Å². The molecule has 1 aromatic carbocycles. The Morgan fingerprint density at radius 3 is 2.37 bits per heavy atom. The van der Waals surface area contributed by atoms with Crippen molar-refractivity contribution in [2.75, 3.05) is 0 Å². The van der Waals surface area contributed by atoms with Crippen LogP contribution < -0.4 is 5.32 Å². The van der Waals surface area contributed by atoms with Gasteiger partial charge in [-0.1, -0.05) is 32.4 Å². The van der Waals surface area contributed by atoms with Gasteiger partial charge in [0.1, 0.15) is 11.9 Å². The molecule has 0 aliphatic rings. The molecule has 0 fully saturated rings. The van der Waals surface area contributed by atoms with Gasteiger partial charge in [0.25, 0.3) is 0 Å². The summed E-state index contributed by atoms with van der Waals surface area (Å²) < 4.78 is 12.7. The van der Waals surface area contributed by atoms with Gasteiger partial charge in [0, 0.05) is 0 Å². The molecule has 0 aromatic heterocycles. The van der Waals surface area contributed by atoms with Gasteiger partial charge in [0.05, 0.1) is 6.42 Å². The molecule has 1 rings (SSSR count). The van der Waals surface area contributed by atoms with Crippen molar-refractivity contribution in [3.8, 4) is 0 Å². The maximum atomic E-state index is 12.7. The maximum absolute atomic E-state index is 12.7. The van der Waals surface area contributed by atoms with E-state index < -0.39 is 12.0 Å². The fraction of sp³-hybridized carbons (Fsp3) is 0.429. The Morgan fingerprint density at radius 2 is 1.89 bits per heavy atom. The van der Waals surface area contributed by atoms with Gasteiger partial charge in [-0.2, -0.15) is 0 Å². The highest BCUT2D eigenvalue weighted by Gasteiger charge is 2.25. The second-order valence-electron chi connectivity index (χ2n) is 4.57. The van der Waals surface area contributed by atoms with Gasteiger partial charge in [0.2, 0.25) is 5.91 Å². The highest BCUT2D eigenvalue weighted by Crippen LogP contribution is 2.09. The summed E-state index contributed by atoms with van der Waals surface area (Å²) in [6, 6.07) is 4.66. The Labute approximate surface area is 111 Å². The lowest BCUT2D eigenvalue weighted by Crippen LogP contribution is -2.45. The van der Waals surface area contributed by atoms with Gasteiger partial charge in [-0.3, -0.25) is 4.79 Å². The zero-order chi connectivity index (χ0) is 14.4. The molecule has 0 radical (unpaired) electrons. The van der Waals surface area contributed by atoms with E-state index in [1.165, 1.54) is 24.3 Å². The smallest absolute Gasteiger partial charge is 0.326 e. The van der Waals surface area contributed by atoms with Crippen LogP contribution in [0.15, 0.2) is 24.3 Å². The Kier molecular flexibility index (Phi) is 5.48. The molecule has 0 aliphatic heterocycles. The molecule has 0 saturated heterocycles. The zero-order valence-corrected chi connectivity index (χ0v) is 11.0. The molecule has 2 N–H and O–H groups in total. The topological polar surface area (TPSA) is 66.4 Å². The molecule has 19 heavy (non-hydrogen) atoms. The average molecular weight is 267 g/mol. The molecule has 0 bridgehead atoms. The Bertz CT molecular complexity index is 445. The van der Waals surface area contributed by atoms with E-state index in [9.17, 15) is 14.0 Å². The lowest BCUT2D eigenvalue weighted by Gasteiger charge is -2.20. The molecule has 4 nitrogen and oxygen atoms in total. The van der Waals surface area contributed by atoms with Gasteiger partial charge < -0.3 is 10.4 Å². The summed E-state index contributed by atoms with van der Waals surface area (Å²) in [4.78, 5) is 22.8. The number of aliphatic carboxylic acids is 1. The normalized spacial score (nSPS) is 13.6. The first-order chi connectivity index (χ1) is 8.93. The molecule has 1 amide bonds. The predicted octanol–water partition coefficient (Wildman–Crippen LogP) is 1.98. The number of rotatable bonds is 6. The Morgan fingerprint density at radius 1 is 1.32 bits per heavy atom. The van der Waals surface area contributed by atoms with Crippen molar-refractivity contribution in [2.24, 2.45) is 5.92 Å². The largest absolute Gasteiger partial charge is 0.480 e. The number of carbonyl (C=O) groups excluding carboxylic acids is 1. The van der Waals surface area contributed by atoms with E-state index in [4.69, 9.17) is 5.11 Å². The minimum atomic E-state index is -1.04. The van der Waals surface area contributed by atoms with Crippen LogP contribution in [0.25, 0.3) is 0 Å². The second-order valence-corrected chi connectivity index (χ2v) is 4.57. The van der Waals surface area contributed by atoms with E-state index in [2.05, 4.69) is 5.32 Å². The van der Waals surface area contributed by atoms with E-state index in [0.717, 1.165) is 0 Å². The first kappa shape index (κ1) is 15.1. The van der Waals surface area contributed by atoms with Crippen LogP contribution in [0.1, 0.15) is 25.8 Å². The summed E-state index contributed by atoms with van der Waals surface area (Å²) in [5.74, 6) is -1.93. The fourth-order valence-corrected chi connectivity index (χ4v) is 1.70. The molecule has 0 spiro atoms. The SMILES string of the molecule is CC[C@@H](C)[C@@H](NC(=O)Cc1ccc(F)cc1)C(=O)O. The third kappa shape index (κ3) is 4.69. The van der Waals surface area contributed by atoms with Crippen LogP contribution in [0.2, 0.25) is 0 Å². The summed E-state index contributed by atoms with van der Waals surface area (Å²) in [7, 11) is 0. The number of hydrogen-bond donors (Lipinski definition) is 2. The number of halogens is 1. The molecule has 0 unspecified atom stereocenters. The van der Waals surface area contributed by atoms with E-state index in [0.29, 0.717) is 12.0 Å². The van der Waals surface area contributed by atoms with Crippen LogP contribution in [0.5, 0.6) is 0 Å². The molecule has 0 heterocycles. The lowest BCUT2D eigenvalue weighted by molar-refractivity contribution is -0.143. The van der Waals surface area contributed by atoms with Crippen LogP contribution >= 0.6 is 0 Å². The van der Waals surface area contributed by atoms with E-state index >= 15 is 0 Å². The van der Waals surface area contributed by atoms with Gasteiger partial charge in [-0.15, -0.1) is 0 Å². The van der Waals surface area contributed by atoms with E-state index in [1.54, 1.807) is 6.92 Å². The third-order valence-corrected chi connectivity index (χ3v) is 3.07. The van der Waals surface area contributed by atoms with Crippen molar-refractivity contribution in [3.05, 3.63) is 35.6 Å². The van der Waals surface area contributed by atoms with Crippen LogP contribution in [0.4, 0.5) is 4.39 Å². The first-order valence-corrected chi connectivity index (χ1v) is 6.20. The van der Waals surface area contributed by atoms with E-state index in [1.807, 2.05) is 6.92 Å². The van der Waals surface area contributed by atoms with Crippen LogP contribution in [0, 0.1) is 11.7 Å². The first-order valence-electron chi connectivity index (χ1n) is 6.20. The Hall–Kier alpha value is -1.91. The highest BCUT2D eigenvalue weighted by molar-refractivity contribution is 5.85. The number of carboxylic acids is 1. The minimum absolute atomic E-state index is 0.0422. The summed E-state index contributed by atoms with van der Waals surface area (Å²) in [6.45, 7) is 3.64. The number of nitrogens with one attached hydrogen (secondary N) is 1. The van der Waals surface area contributed by atoms with Crippen molar-refractivity contribution in [2.45, 2.75) is 32.7 Å². The van der Waals surface area contributed by atoms with Crippen LogP contribution in [0.3, 0.4) is 0 Å². The molecule has 2 atom stereocenters. The minimum Gasteiger partial charge on any atom is -0.480 e. The van der Waals surface area contributed by atoms with Crippen molar-refractivity contribution in [1.29, 1.82) is 0 Å². The molecule has 5 heteroatoms. The Balaban J connectivity index is 2.62. The third-order valence-electron chi connectivity index (χ3n) is 3.07. The quantitative estimate of drug-likeness (QED) is 0.828. The van der Waals surface area contributed by atoms with Crippen molar-refractivity contribution >= 4 is 11.9 Å². The number of carboxylic acid groups (broad SMARTS) is 1. The number of hydrogen-bond acceptors (Lipinski definition) is 2. The zero-order valence-electron chi connectivity index (χ0n) is 11.0. The summed E-state index contributed by atoms with van der Waals surface area (Å²) in [6.07, 6.45) is 0.703. The monoisotopic (exact) mass is 267 g/mol. The van der Waals surface area contributed by atoms with Gasteiger partial charge >= 0.3 is 5.97 Å². The average Bonchev–Trinajstić information content (AvgIpc) is 2.37. The van der Waals surface area contributed by atoms with Gasteiger partial charge in [0.15, 0.2) is 0 Å². The highest BCUT2D eigenvalue weighted by atomic mass is 19.1. The van der Waals surface area contributed by atoms with E-state index in [-0.39, 0.29) is 24.1 Å². The van der Waals surface area contributed by atoms with Crippen molar-refractivity contribution in [1.82, 2.24) is 5.32 Å². The fourth-order valence-electron chi connectivity index (χ4n) is 1.70. The molecular weight excluding hydrogens is 249 g/mol. The summed E-state index contributed by atoms with van der Waals surface area (Å²) in [5.41, 5.74) is 0.646. The number of carbonyl (C=O) groups is 2. The molecule has 104 valence electrons. The predicted molar refractivity (Wildman–Crippen MR) is 69.1 cm³/mol. The molecule has 0 aliphatic carbocycles. The van der Waals surface area contributed by atoms with Gasteiger partial charge in [-0.25, -0.2) is 9.18 Å².